The molecule has 210 valence electrons. The number of aromatic nitrogens is 2. The molecule has 2 N–H and O–H groups in total. The molecule has 0 fully saturated rings. The molecule has 2 aromatic rings. The number of nitrogens with one attached hydrogen (secondary N) is 1. The van der Waals surface area contributed by atoms with Gasteiger partial charge in [-0.25, -0.2) is 14.8 Å². The van der Waals surface area contributed by atoms with E-state index < -0.39 is 11.7 Å². The molecule has 1 amide bonds. The van der Waals surface area contributed by atoms with Crippen molar-refractivity contribution in [2.75, 3.05) is 37.5 Å². The molecular formula is C25H37N5O6S2. The van der Waals surface area contributed by atoms with Crippen LogP contribution in [-0.4, -0.2) is 64.3 Å². The lowest BCUT2D eigenvalue weighted by Gasteiger charge is -2.30. The number of aliphatic hydroxyl groups is 1. The molecule has 1 aromatic carbocycles. The van der Waals surface area contributed by atoms with Crippen molar-refractivity contribution < 1.29 is 24.3 Å². The number of nitro benzene ring substituents is 1. The number of carbonyl (C=O) groups is 1. The number of cyclic esters (lactones) is 1. The number of anilines is 1. The van der Waals surface area contributed by atoms with Crippen LogP contribution < -0.4 is 9.62 Å². The van der Waals surface area contributed by atoms with Gasteiger partial charge in [-0.1, -0.05) is 25.6 Å². The second kappa shape index (κ2) is 15.8. The Labute approximate surface area is 232 Å². The minimum Gasteiger partial charge on any atom is -0.444 e. The Morgan fingerprint density at radius 1 is 1.32 bits per heavy atom. The first-order valence-electron chi connectivity index (χ1n) is 12.3. The molecule has 0 saturated carbocycles. The molecule has 2 heterocycles. The fraction of sp³-hybridized carbons (Fsp3) is 0.560. The van der Waals surface area contributed by atoms with Gasteiger partial charge in [0.2, 0.25) is 0 Å². The molecule has 13 heteroatoms. The molecule has 0 aliphatic carbocycles. The minimum absolute atomic E-state index is 0.0614. The van der Waals surface area contributed by atoms with Gasteiger partial charge in [-0.05, 0) is 62.9 Å². The summed E-state index contributed by atoms with van der Waals surface area (Å²) in [5, 5.41) is 20.0. The van der Waals surface area contributed by atoms with E-state index in [1.807, 2.05) is 20.1 Å². The summed E-state index contributed by atoms with van der Waals surface area (Å²) in [6.07, 6.45) is 4.80. The number of rotatable bonds is 13. The number of fused-ring (bicyclic) bond motifs is 1. The van der Waals surface area contributed by atoms with Gasteiger partial charge >= 0.3 is 6.09 Å². The topological polar surface area (TPSA) is 140 Å². The maximum Gasteiger partial charge on any atom is 0.415 e. The van der Waals surface area contributed by atoms with Crippen LogP contribution in [0, 0.1) is 16.0 Å². The summed E-state index contributed by atoms with van der Waals surface area (Å²) < 4.78 is 14.1. The van der Waals surface area contributed by atoms with Crippen LogP contribution in [0.25, 0.3) is 0 Å². The number of non-ortho nitro benzene ring substituents is 1. The average Bonchev–Trinajstić information content (AvgIpc) is 2.88. The fourth-order valence-corrected chi connectivity index (χ4v) is 4.18. The third kappa shape index (κ3) is 10.7. The van der Waals surface area contributed by atoms with Gasteiger partial charge in [0.1, 0.15) is 12.4 Å². The predicted molar refractivity (Wildman–Crippen MR) is 149 cm³/mol. The van der Waals surface area contributed by atoms with Crippen LogP contribution in [0.1, 0.15) is 46.1 Å². The van der Waals surface area contributed by atoms with Crippen molar-refractivity contribution in [3.05, 3.63) is 46.1 Å². The molecule has 38 heavy (non-hydrogen) atoms. The summed E-state index contributed by atoms with van der Waals surface area (Å²) >= 11 is 2.93. The number of hydrogen-bond acceptors (Lipinski definition) is 11. The van der Waals surface area contributed by atoms with E-state index in [0.29, 0.717) is 36.5 Å². The van der Waals surface area contributed by atoms with Crippen LogP contribution in [-0.2, 0) is 16.1 Å². The number of benzene rings is 1. The number of aliphatic hydroxyl groups excluding tert-OH is 1. The summed E-state index contributed by atoms with van der Waals surface area (Å²) in [5.74, 6) is 1.27. The molecule has 1 aromatic heterocycles. The van der Waals surface area contributed by atoms with E-state index in [1.54, 1.807) is 18.3 Å². The van der Waals surface area contributed by atoms with Crippen molar-refractivity contribution in [1.82, 2.24) is 14.7 Å². The lowest BCUT2D eigenvalue weighted by atomic mass is 10.1. The molecule has 1 aliphatic heterocycles. The highest BCUT2D eigenvalue weighted by Crippen LogP contribution is 2.26. The van der Waals surface area contributed by atoms with Gasteiger partial charge in [0.05, 0.1) is 29.2 Å². The zero-order valence-electron chi connectivity index (χ0n) is 22.5. The number of ether oxygens (including phenoxy) is 2. The third-order valence-electron chi connectivity index (χ3n) is 5.41. The normalized spacial score (nSPS) is 13.0. The molecule has 0 atom stereocenters. The zero-order valence-corrected chi connectivity index (χ0v) is 24.1. The van der Waals surface area contributed by atoms with Crippen molar-refractivity contribution in [1.29, 1.82) is 0 Å². The number of nitro groups is 1. The Kier molecular flexibility index (Phi) is 13.2. The molecule has 0 bridgehead atoms. The van der Waals surface area contributed by atoms with Crippen LogP contribution in [0.4, 0.5) is 16.3 Å². The fourth-order valence-electron chi connectivity index (χ4n) is 3.19. The van der Waals surface area contributed by atoms with Gasteiger partial charge in [-0.2, -0.15) is 0 Å². The first kappa shape index (κ1) is 31.8. The average molecular weight is 568 g/mol. The maximum atomic E-state index is 12.0. The first-order chi connectivity index (χ1) is 18.1. The van der Waals surface area contributed by atoms with Crippen molar-refractivity contribution in [3.63, 3.8) is 0 Å². The van der Waals surface area contributed by atoms with E-state index in [0.717, 1.165) is 23.4 Å². The summed E-state index contributed by atoms with van der Waals surface area (Å²) in [7, 11) is 0. The van der Waals surface area contributed by atoms with Crippen molar-refractivity contribution in [2.45, 2.75) is 62.8 Å². The zero-order chi connectivity index (χ0) is 28.1. The number of carbonyl (C=O) groups excluding carboxylic acids is 1. The van der Waals surface area contributed by atoms with Crippen molar-refractivity contribution in [3.8, 4) is 0 Å². The van der Waals surface area contributed by atoms with Gasteiger partial charge in [0, 0.05) is 36.4 Å². The van der Waals surface area contributed by atoms with Crippen molar-refractivity contribution in [2.24, 2.45) is 5.92 Å². The molecule has 0 spiro atoms. The monoisotopic (exact) mass is 567 g/mol. The first-order valence-corrected chi connectivity index (χ1v) is 14.3. The summed E-state index contributed by atoms with van der Waals surface area (Å²) in [5.41, 5.74) is 0.478. The van der Waals surface area contributed by atoms with Crippen LogP contribution in [0.5, 0.6) is 0 Å². The Morgan fingerprint density at radius 3 is 2.63 bits per heavy atom. The maximum absolute atomic E-state index is 12.0. The van der Waals surface area contributed by atoms with E-state index in [1.165, 1.54) is 40.7 Å². The van der Waals surface area contributed by atoms with Crippen molar-refractivity contribution >= 4 is 41.3 Å². The Morgan fingerprint density at radius 2 is 2.03 bits per heavy atom. The second-order valence-corrected chi connectivity index (χ2v) is 11.2. The number of thioether (sulfide) groups is 1. The third-order valence-corrected chi connectivity index (χ3v) is 6.83. The Hall–Kier alpha value is -2.45. The molecule has 3 rings (SSSR count). The van der Waals surface area contributed by atoms with Gasteiger partial charge < -0.3 is 14.6 Å². The smallest absolute Gasteiger partial charge is 0.415 e. The standard InChI is InChI=1S/C14H21N3O4S.C11H16N2O2S/c1-14(2,4-6-18)21-7-5-17-11-10(9-20-13(17)19)8-15-12(16-11)22-3;1-9(2)7-8-12-16-11-5-3-10(4-6-11)13(14)15/h8,18H,4-7,9H2,1-3H3;3-6,9,12H,7-8H2,1-2H3. The molecule has 0 saturated heterocycles. The highest BCUT2D eigenvalue weighted by Gasteiger charge is 2.28. The number of amides is 1. The lowest BCUT2D eigenvalue weighted by Crippen LogP contribution is -2.40. The van der Waals surface area contributed by atoms with Gasteiger partial charge in [0.25, 0.3) is 5.69 Å². The van der Waals surface area contributed by atoms with E-state index in [-0.39, 0.29) is 23.8 Å². The van der Waals surface area contributed by atoms with E-state index >= 15 is 0 Å². The van der Waals surface area contributed by atoms with Gasteiger partial charge in [-0.3, -0.25) is 19.7 Å². The Balaban J connectivity index is 0.000000281. The van der Waals surface area contributed by atoms with Crippen LogP contribution in [0.2, 0.25) is 0 Å². The number of nitrogens with zero attached hydrogens (tertiary/aromatic N) is 4. The molecule has 1 aliphatic rings. The van der Waals surface area contributed by atoms with E-state index in [2.05, 4.69) is 28.5 Å². The summed E-state index contributed by atoms with van der Waals surface area (Å²) in [6.45, 7) is 10.0. The molecule has 11 nitrogen and oxygen atoms in total. The van der Waals surface area contributed by atoms with E-state index in [4.69, 9.17) is 14.6 Å². The lowest BCUT2D eigenvalue weighted by molar-refractivity contribution is -0.384. The van der Waals surface area contributed by atoms with E-state index in [9.17, 15) is 14.9 Å². The van der Waals surface area contributed by atoms with Crippen LogP contribution in [0.3, 0.4) is 0 Å². The van der Waals surface area contributed by atoms with Crippen LogP contribution in [0.15, 0.2) is 40.5 Å². The predicted octanol–water partition coefficient (Wildman–Crippen LogP) is 5.07. The molecule has 0 radical (unpaired) electrons. The summed E-state index contributed by atoms with van der Waals surface area (Å²) in [4.78, 5) is 33.1. The highest BCUT2D eigenvalue weighted by molar-refractivity contribution is 7.98. The molecule has 0 unspecified atom stereocenters. The number of hydrogen-bond donors (Lipinski definition) is 2. The van der Waals surface area contributed by atoms with Crippen LogP contribution >= 0.6 is 23.7 Å². The SMILES string of the molecule is CC(C)CCNSc1ccc([N+](=O)[O-])cc1.CSc1ncc2c(n1)N(CCOC(C)(C)CCO)C(=O)OC2. The highest BCUT2D eigenvalue weighted by atomic mass is 32.2. The molecular weight excluding hydrogens is 530 g/mol. The largest absolute Gasteiger partial charge is 0.444 e. The van der Waals surface area contributed by atoms with Gasteiger partial charge in [-0.15, -0.1) is 0 Å². The Bertz CT molecular complexity index is 1040. The van der Waals surface area contributed by atoms with Gasteiger partial charge in [0.15, 0.2) is 5.16 Å². The quantitative estimate of drug-likeness (QED) is 0.0837. The summed E-state index contributed by atoms with van der Waals surface area (Å²) in [6, 6.07) is 6.55. The minimum atomic E-state index is -0.437. The second-order valence-electron chi connectivity index (χ2n) is 9.42.